The quantitative estimate of drug-likeness (QED) is 0.842. The molecule has 1 amide bonds. The molecule has 1 aliphatic carbocycles. The lowest BCUT2D eigenvalue weighted by atomic mass is 9.98. The topological polar surface area (TPSA) is 40.5 Å². The fraction of sp³-hybridized carbons (Fsp3) is 0.500. The number of aryl methyl sites for hydroxylation is 1. The zero-order chi connectivity index (χ0) is 11.9. The Hall–Kier alpha value is -1.35. The van der Waals surface area contributed by atoms with E-state index in [0.717, 1.165) is 37.9 Å². The van der Waals surface area contributed by atoms with Gasteiger partial charge >= 0.3 is 0 Å². The molecule has 3 nitrogen and oxygen atoms in total. The van der Waals surface area contributed by atoms with Crippen molar-refractivity contribution in [3.63, 3.8) is 0 Å². The van der Waals surface area contributed by atoms with Crippen LogP contribution in [0.4, 0.5) is 5.69 Å². The molecule has 3 heteroatoms. The molecule has 3 rings (SSSR count). The fourth-order valence-electron chi connectivity index (χ4n) is 2.62. The minimum absolute atomic E-state index is 0.00942. The van der Waals surface area contributed by atoms with E-state index in [1.807, 2.05) is 23.1 Å². The van der Waals surface area contributed by atoms with Crippen LogP contribution in [0.5, 0.6) is 0 Å². The van der Waals surface area contributed by atoms with Crippen molar-refractivity contribution in [3.05, 3.63) is 29.8 Å². The molecular formula is C14H17NO2. The molecule has 0 atom stereocenters. The minimum Gasteiger partial charge on any atom is -0.395 e. The molecule has 0 spiro atoms. The number of nitrogens with zero attached hydrogens (tertiary/aromatic N) is 1. The first-order valence-corrected chi connectivity index (χ1v) is 6.28. The Balaban J connectivity index is 1.93. The van der Waals surface area contributed by atoms with Gasteiger partial charge in [-0.15, -0.1) is 0 Å². The molecule has 0 saturated heterocycles. The van der Waals surface area contributed by atoms with Crippen LogP contribution in [0.15, 0.2) is 24.3 Å². The maximum Gasteiger partial charge on any atom is 0.235 e. The van der Waals surface area contributed by atoms with Crippen LogP contribution in [-0.2, 0) is 11.2 Å². The number of carbonyl (C=O) groups excluding carboxylic acids is 1. The van der Waals surface area contributed by atoms with E-state index in [2.05, 4.69) is 6.07 Å². The summed E-state index contributed by atoms with van der Waals surface area (Å²) in [5.41, 5.74) is 1.84. The van der Waals surface area contributed by atoms with Crippen LogP contribution in [0.2, 0.25) is 0 Å². The Morgan fingerprint density at radius 2 is 2.12 bits per heavy atom. The number of anilines is 1. The van der Waals surface area contributed by atoms with Crippen LogP contribution in [0.1, 0.15) is 24.8 Å². The first-order valence-electron chi connectivity index (χ1n) is 6.28. The molecule has 1 heterocycles. The highest BCUT2D eigenvalue weighted by molar-refractivity contribution is 6.00. The van der Waals surface area contributed by atoms with Crippen molar-refractivity contribution in [2.45, 2.75) is 25.7 Å². The average molecular weight is 231 g/mol. The summed E-state index contributed by atoms with van der Waals surface area (Å²) in [7, 11) is 0. The number of para-hydroxylation sites is 1. The van der Waals surface area contributed by atoms with E-state index in [9.17, 15) is 9.90 Å². The van der Waals surface area contributed by atoms with Gasteiger partial charge in [0.2, 0.25) is 5.91 Å². The summed E-state index contributed by atoms with van der Waals surface area (Å²) < 4.78 is 0. The van der Waals surface area contributed by atoms with Crippen molar-refractivity contribution >= 4 is 11.6 Å². The van der Waals surface area contributed by atoms with Crippen molar-refractivity contribution < 1.29 is 9.90 Å². The van der Waals surface area contributed by atoms with Gasteiger partial charge < -0.3 is 10.0 Å². The Morgan fingerprint density at radius 3 is 2.82 bits per heavy atom. The lowest BCUT2D eigenvalue weighted by Crippen LogP contribution is -2.41. The Bertz CT molecular complexity index is 451. The Kier molecular flexibility index (Phi) is 2.44. The predicted molar refractivity (Wildman–Crippen MR) is 65.9 cm³/mol. The van der Waals surface area contributed by atoms with Gasteiger partial charge in [-0.3, -0.25) is 4.79 Å². The van der Waals surface area contributed by atoms with Gasteiger partial charge in [0.05, 0.1) is 12.0 Å². The van der Waals surface area contributed by atoms with Crippen molar-refractivity contribution in [1.82, 2.24) is 0 Å². The molecule has 1 aromatic rings. The fourth-order valence-corrected chi connectivity index (χ4v) is 2.62. The van der Waals surface area contributed by atoms with Crippen molar-refractivity contribution in [2.24, 2.45) is 5.41 Å². The molecule has 0 radical (unpaired) electrons. The van der Waals surface area contributed by atoms with Crippen molar-refractivity contribution in [1.29, 1.82) is 0 Å². The summed E-state index contributed by atoms with van der Waals surface area (Å²) in [6.07, 6.45) is 3.73. The molecule has 0 unspecified atom stereocenters. The molecule has 90 valence electrons. The van der Waals surface area contributed by atoms with E-state index >= 15 is 0 Å². The highest BCUT2D eigenvalue weighted by Gasteiger charge is 2.51. The third-order valence-corrected chi connectivity index (χ3v) is 3.97. The molecular weight excluding hydrogens is 214 g/mol. The minimum atomic E-state index is -0.454. The zero-order valence-electron chi connectivity index (χ0n) is 9.85. The van der Waals surface area contributed by atoms with Crippen LogP contribution in [0, 0.1) is 5.41 Å². The maximum absolute atomic E-state index is 12.4. The Morgan fingerprint density at radius 1 is 1.35 bits per heavy atom. The highest BCUT2D eigenvalue weighted by atomic mass is 16.3. The molecule has 0 aromatic heterocycles. The van der Waals surface area contributed by atoms with Gasteiger partial charge in [0, 0.05) is 12.2 Å². The summed E-state index contributed by atoms with van der Waals surface area (Å²) in [5, 5.41) is 9.36. The number of amides is 1. The summed E-state index contributed by atoms with van der Waals surface area (Å²) >= 11 is 0. The van der Waals surface area contributed by atoms with Gasteiger partial charge in [-0.2, -0.15) is 0 Å². The van der Waals surface area contributed by atoms with Gasteiger partial charge in [0.1, 0.15) is 0 Å². The SMILES string of the molecule is O=C(N1CCCc2ccccc21)C1(CO)CC1. The Labute approximate surface area is 101 Å². The van der Waals surface area contributed by atoms with E-state index in [-0.39, 0.29) is 12.5 Å². The van der Waals surface area contributed by atoms with E-state index in [4.69, 9.17) is 0 Å². The lowest BCUT2D eigenvalue weighted by molar-refractivity contribution is -0.125. The number of rotatable bonds is 2. The van der Waals surface area contributed by atoms with Crippen LogP contribution in [0.3, 0.4) is 0 Å². The third-order valence-electron chi connectivity index (χ3n) is 3.97. The largest absolute Gasteiger partial charge is 0.395 e. The van der Waals surface area contributed by atoms with E-state index in [1.54, 1.807) is 0 Å². The van der Waals surface area contributed by atoms with Gasteiger partial charge in [-0.25, -0.2) is 0 Å². The van der Waals surface area contributed by atoms with Gasteiger partial charge in [-0.05, 0) is 37.3 Å². The number of hydrogen-bond acceptors (Lipinski definition) is 2. The number of aliphatic hydroxyl groups excluding tert-OH is 1. The first kappa shape index (κ1) is 10.8. The van der Waals surface area contributed by atoms with Crippen molar-refractivity contribution in [3.8, 4) is 0 Å². The van der Waals surface area contributed by atoms with E-state index < -0.39 is 5.41 Å². The standard InChI is InChI=1S/C14H17NO2/c16-10-14(7-8-14)13(17)15-9-3-5-11-4-1-2-6-12(11)15/h1-2,4,6,16H,3,5,7-10H2. The summed E-state index contributed by atoms with van der Waals surface area (Å²) in [5.74, 6) is 0.118. The average Bonchev–Trinajstić information content (AvgIpc) is 3.18. The molecule has 1 aliphatic heterocycles. The van der Waals surface area contributed by atoms with Gasteiger partial charge in [0.25, 0.3) is 0 Å². The van der Waals surface area contributed by atoms with E-state index in [0.29, 0.717) is 0 Å². The maximum atomic E-state index is 12.4. The second kappa shape index (κ2) is 3.84. The number of aliphatic hydroxyl groups is 1. The van der Waals surface area contributed by atoms with Gasteiger partial charge in [0.15, 0.2) is 0 Å². The number of fused-ring (bicyclic) bond motifs is 1. The molecule has 1 fully saturated rings. The van der Waals surface area contributed by atoms with Gasteiger partial charge in [-0.1, -0.05) is 18.2 Å². The number of hydrogen-bond donors (Lipinski definition) is 1. The summed E-state index contributed by atoms with van der Waals surface area (Å²) in [6, 6.07) is 8.10. The van der Waals surface area contributed by atoms with Crippen LogP contribution in [0.25, 0.3) is 0 Å². The van der Waals surface area contributed by atoms with Crippen LogP contribution >= 0.6 is 0 Å². The summed E-state index contributed by atoms with van der Waals surface area (Å²) in [6.45, 7) is 0.780. The number of carbonyl (C=O) groups is 1. The monoisotopic (exact) mass is 231 g/mol. The first-order chi connectivity index (χ1) is 8.27. The van der Waals surface area contributed by atoms with Crippen molar-refractivity contribution in [2.75, 3.05) is 18.1 Å². The molecule has 2 aliphatic rings. The summed E-state index contributed by atoms with van der Waals surface area (Å²) in [4.78, 5) is 14.3. The molecule has 1 saturated carbocycles. The smallest absolute Gasteiger partial charge is 0.235 e. The van der Waals surface area contributed by atoms with Crippen LogP contribution in [-0.4, -0.2) is 24.2 Å². The second-order valence-corrected chi connectivity index (χ2v) is 5.13. The third kappa shape index (κ3) is 1.65. The van der Waals surface area contributed by atoms with Crippen LogP contribution < -0.4 is 4.90 Å². The molecule has 1 aromatic carbocycles. The predicted octanol–water partition coefficient (Wildman–Crippen LogP) is 1.74. The second-order valence-electron chi connectivity index (χ2n) is 5.13. The molecule has 17 heavy (non-hydrogen) atoms. The molecule has 0 bridgehead atoms. The lowest BCUT2D eigenvalue weighted by Gasteiger charge is -2.32. The normalized spacial score (nSPS) is 20.9. The van der Waals surface area contributed by atoms with E-state index in [1.165, 1.54) is 5.56 Å². The zero-order valence-corrected chi connectivity index (χ0v) is 9.85. The highest BCUT2D eigenvalue weighted by Crippen LogP contribution is 2.48. The molecule has 1 N–H and O–H groups in total. The number of benzene rings is 1.